The molecule has 78 valence electrons. The molecule has 0 saturated carbocycles. The molecule has 1 heterocycles. The number of allylic oxidation sites excluding steroid dienone is 1. The quantitative estimate of drug-likeness (QED) is 0.710. The lowest BCUT2D eigenvalue weighted by Crippen LogP contribution is -1.75. The molecule has 2 heteroatoms. The summed E-state index contributed by atoms with van der Waals surface area (Å²) in [7, 11) is 0. The van der Waals surface area contributed by atoms with Crippen LogP contribution in [-0.4, -0.2) is 11.2 Å². The van der Waals surface area contributed by atoms with Gasteiger partial charge < -0.3 is 4.98 Å². The van der Waals surface area contributed by atoms with E-state index in [1.807, 2.05) is 32.1 Å². The van der Waals surface area contributed by atoms with Gasteiger partial charge in [-0.2, -0.15) is 0 Å². The van der Waals surface area contributed by atoms with Gasteiger partial charge in [0.1, 0.15) is 5.82 Å². The van der Waals surface area contributed by atoms with E-state index in [0.29, 0.717) is 0 Å². The van der Waals surface area contributed by atoms with Crippen LogP contribution in [-0.2, 0) is 0 Å². The lowest BCUT2D eigenvalue weighted by Gasteiger charge is -1.93. The molecule has 0 amide bonds. The van der Waals surface area contributed by atoms with E-state index < -0.39 is 0 Å². The maximum absolute atomic E-state index is 4.26. The molecule has 1 aromatic rings. The molecule has 0 bridgehead atoms. The van der Waals surface area contributed by atoms with Crippen molar-refractivity contribution >= 4 is 30.3 Å². The Kier molecular flexibility index (Phi) is 3.86. The van der Waals surface area contributed by atoms with Crippen molar-refractivity contribution in [2.24, 2.45) is 4.99 Å². The Hall–Kier alpha value is -1.83. The van der Waals surface area contributed by atoms with Crippen molar-refractivity contribution in [1.82, 2.24) is 4.98 Å². The number of rotatable bonds is 4. The molecule has 1 aromatic heterocycles. The molecule has 0 aromatic carbocycles. The van der Waals surface area contributed by atoms with Crippen LogP contribution in [0.1, 0.15) is 30.7 Å². The summed E-state index contributed by atoms with van der Waals surface area (Å²) in [6.45, 7) is 11.5. The number of H-pyrrole nitrogens is 1. The molecule has 0 atom stereocenters. The van der Waals surface area contributed by atoms with Crippen LogP contribution in [0.5, 0.6) is 0 Å². The average Bonchev–Trinajstić information content (AvgIpc) is 2.56. The van der Waals surface area contributed by atoms with Crippen LogP contribution in [0.2, 0.25) is 0 Å². The molecule has 0 fully saturated rings. The van der Waals surface area contributed by atoms with Crippen molar-refractivity contribution in [2.75, 3.05) is 0 Å². The Morgan fingerprint density at radius 1 is 1.13 bits per heavy atom. The number of nitrogens with zero attached hydrogens (tertiary/aromatic N) is 1. The van der Waals surface area contributed by atoms with Crippen molar-refractivity contribution in [3.8, 4) is 0 Å². The van der Waals surface area contributed by atoms with Crippen LogP contribution in [0.15, 0.2) is 24.2 Å². The number of aromatic amines is 1. The molecule has 0 aliphatic carbocycles. The predicted octanol–water partition coefficient (Wildman–Crippen LogP) is 4.06. The first-order valence-electron chi connectivity index (χ1n) is 4.90. The fourth-order valence-electron chi connectivity index (χ4n) is 1.49. The number of aliphatic imine (C=N–C) groups is 1. The van der Waals surface area contributed by atoms with Crippen LogP contribution in [0, 0.1) is 0 Å². The molecule has 0 aliphatic heterocycles. The van der Waals surface area contributed by atoms with Gasteiger partial charge in [0.2, 0.25) is 0 Å². The fraction of sp³-hybridized carbons (Fsp3) is 0.154. The van der Waals surface area contributed by atoms with Crippen molar-refractivity contribution in [2.45, 2.75) is 13.8 Å². The summed E-state index contributed by atoms with van der Waals surface area (Å²) in [6.07, 6.45) is 9.34. The van der Waals surface area contributed by atoms with Gasteiger partial charge in [-0.3, -0.25) is 0 Å². The van der Waals surface area contributed by atoms with Gasteiger partial charge in [0, 0.05) is 23.0 Å². The zero-order valence-electron chi connectivity index (χ0n) is 9.25. The normalized spacial score (nSPS) is 11.3. The highest BCUT2D eigenvalue weighted by atomic mass is 14.9. The molecule has 1 rings (SSSR count). The minimum atomic E-state index is 0.829. The fourth-order valence-corrected chi connectivity index (χ4v) is 1.49. The third-order valence-corrected chi connectivity index (χ3v) is 2.09. The van der Waals surface area contributed by atoms with Gasteiger partial charge >= 0.3 is 0 Å². The summed E-state index contributed by atoms with van der Waals surface area (Å²) in [5.74, 6) is 0.829. The van der Waals surface area contributed by atoms with E-state index in [2.05, 4.69) is 23.1 Å². The van der Waals surface area contributed by atoms with Gasteiger partial charge in [0.25, 0.3) is 0 Å². The van der Waals surface area contributed by atoms with Gasteiger partial charge in [0.15, 0.2) is 0 Å². The van der Waals surface area contributed by atoms with Gasteiger partial charge in [-0.15, -0.1) is 0 Å². The summed E-state index contributed by atoms with van der Waals surface area (Å²) in [4.78, 5) is 7.48. The Labute approximate surface area is 90.8 Å². The molecule has 2 nitrogen and oxygen atoms in total. The van der Waals surface area contributed by atoms with Crippen molar-refractivity contribution in [3.63, 3.8) is 0 Å². The molecule has 15 heavy (non-hydrogen) atoms. The first-order chi connectivity index (χ1) is 7.28. The van der Waals surface area contributed by atoms with Gasteiger partial charge in [-0.25, -0.2) is 4.99 Å². The van der Waals surface area contributed by atoms with Crippen LogP contribution >= 0.6 is 0 Å². The van der Waals surface area contributed by atoms with E-state index in [4.69, 9.17) is 0 Å². The smallest absolute Gasteiger partial charge is 0.137 e. The molecule has 0 spiro atoms. The lowest BCUT2D eigenvalue weighted by molar-refractivity contribution is 1.31. The van der Waals surface area contributed by atoms with Crippen molar-refractivity contribution in [1.29, 1.82) is 0 Å². The second kappa shape index (κ2) is 5.15. The molecule has 1 N–H and O–H groups in total. The first kappa shape index (κ1) is 11.2. The molecule has 0 saturated heterocycles. The number of hydrogen-bond acceptors (Lipinski definition) is 1. The third kappa shape index (κ3) is 2.15. The highest BCUT2D eigenvalue weighted by Crippen LogP contribution is 2.28. The Balaban J connectivity index is 3.42. The maximum Gasteiger partial charge on any atom is 0.137 e. The SMILES string of the molecule is C=Cc1c(/C=C\C)[nH]c(N=CC)c1C=C. The van der Waals surface area contributed by atoms with Gasteiger partial charge in [-0.1, -0.05) is 31.4 Å². The van der Waals surface area contributed by atoms with Crippen molar-refractivity contribution in [3.05, 3.63) is 36.1 Å². The summed E-state index contributed by atoms with van der Waals surface area (Å²) < 4.78 is 0. The van der Waals surface area contributed by atoms with E-state index in [-0.39, 0.29) is 0 Å². The highest BCUT2D eigenvalue weighted by Gasteiger charge is 2.09. The van der Waals surface area contributed by atoms with E-state index in [0.717, 1.165) is 22.6 Å². The topological polar surface area (TPSA) is 28.1 Å². The maximum atomic E-state index is 4.26. The second-order valence-corrected chi connectivity index (χ2v) is 3.01. The number of hydrogen-bond donors (Lipinski definition) is 1. The summed E-state index contributed by atoms with van der Waals surface area (Å²) in [5.41, 5.74) is 3.06. The Morgan fingerprint density at radius 3 is 2.27 bits per heavy atom. The van der Waals surface area contributed by atoms with Crippen LogP contribution in [0.25, 0.3) is 18.2 Å². The monoisotopic (exact) mass is 200 g/mol. The standard InChI is InChI=1S/C13H16N2/c1-5-9-12-10(6-2)11(7-3)13(15-12)14-8-4/h5-9,15H,2-3H2,1,4H3/b9-5-,14-8?. The molecular weight excluding hydrogens is 184 g/mol. The van der Waals surface area contributed by atoms with Gasteiger partial charge in [-0.05, 0) is 19.9 Å². The Bertz CT molecular complexity index is 381. The lowest BCUT2D eigenvalue weighted by atomic mass is 10.1. The van der Waals surface area contributed by atoms with Crippen LogP contribution < -0.4 is 0 Å². The minimum Gasteiger partial charge on any atom is -0.339 e. The summed E-state index contributed by atoms with van der Waals surface area (Å²) in [5, 5.41) is 0. The number of nitrogens with one attached hydrogen (secondary N) is 1. The Morgan fingerprint density at radius 2 is 1.80 bits per heavy atom. The van der Waals surface area contributed by atoms with Crippen molar-refractivity contribution < 1.29 is 0 Å². The van der Waals surface area contributed by atoms with E-state index >= 15 is 0 Å². The predicted molar refractivity (Wildman–Crippen MR) is 69.5 cm³/mol. The molecular formula is C13H16N2. The second-order valence-electron chi connectivity index (χ2n) is 3.01. The summed E-state index contributed by atoms with van der Waals surface area (Å²) in [6, 6.07) is 0. The average molecular weight is 200 g/mol. The molecule has 0 radical (unpaired) electrons. The van der Waals surface area contributed by atoms with Gasteiger partial charge in [0.05, 0.1) is 0 Å². The zero-order chi connectivity index (χ0) is 11.3. The van der Waals surface area contributed by atoms with Crippen LogP contribution in [0.4, 0.5) is 5.82 Å². The minimum absolute atomic E-state index is 0.829. The molecule has 0 aliphatic rings. The largest absolute Gasteiger partial charge is 0.339 e. The number of aromatic nitrogens is 1. The molecule has 0 unspecified atom stereocenters. The van der Waals surface area contributed by atoms with E-state index in [9.17, 15) is 0 Å². The zero-order valence-corrected chi connectivity index (χ0v) is 9.25. The first-order valence-corrected chi connectivity index (χ1v) is 4.90. The highest BCUT2D eigenvalue weighted by molar-refractivity contribution is 5.80. The van der Waals surface area contributed by atoms with E-state index in [1.54, 1.807) is 12.3 Å². The third-order valence-electron chi connectivity index (χ3n) is 2.09. The summed E-state index contributed by atoms with van der Waals surface area (Å²) >= 11 is 0. The van der Waals surface area contributed by atoms with E-state index in [1.165, 1.54) is 0 Å². The van der Waals surface area contributed by atoms with Crippen LogP contribution in [0.3, 0.4) is 0 Å².